The van der Waals surface area contributed by atoms with Gasteiger partial charge in [-0.3, -0.25) is 4.99 Å². The molecule has 0 aromatic heterocycles. The van der Waals surface area contributed by atoms with E-state index in [-0.39, 0.29) is 6.04 Å². The van der Waals surface area contributed by atoms with Crippen LogP contribution in [0.25, 0.3) is 0 Å². The predicted molar refractivity (Wildman–Crippen MR) is 73.9 cm³/mol. The Balaban J connectivity index is 2.08. The van der Waals surface area contributed by atoms with Gasteiger partial charge in [-0.15, -0.1) is 0 Å². The van der Waals surface area contributed by atoms with Gasteiger partial charge < -0.3 is 0 Å². The summed E-state index contributed by atoms with van der Waals surface area (Å²) in [5, 5.41) is 0.748. The molecule has 1 atom stereocenters. The average Bonchev–Trinajstić information content (AvgIpc) is 2.39. The fourth-order valence-corrected chi connectivity index (χ4v) is 1.69. The van der Waals surface area contributed by atoms with E-state index in [4.69, 9.17) is 11.6 Å². The molecule has 17 heavy (non-hydrogen) atoms. The van der Waals surface area contributed by atoms with E-state index in [1.165, 1.54) is 5.56 Å². The molecule has 0 aliphatic rings. The summed E-state index contributed by atoms with van der Waals surface area (Å²) in [6.07, 6.45) is 1.88. The molecule has 86 valence electrons. The first-order chi connectivity index (χ1) is 8.25. The van der Waals surface area contributed by atoms with Crippen LogP contribution in [0.5, 0.6) is 0 Å². The highest BCUT2D eigenvalue weighted by molar-refractivity contribution is 6.30. The zero-order chi connectivity index (χ0) is 12.1. The third-order valence-corrected chi connectivity index (χ3v) is 2.85. The summed E-state index contributed by atoms with van der Waals surface area (Å²) in [5.41, 5.74) is 2.29. The van der Waals surface area contributed by atoms with E-state index < -0.39 is 0 Å². The van der Waals surface area contributed by atoms with Gasteiger partial charge in [0.25, 0.3) is 0 Å². The second-order valence-corrected chi connectivity index (χ2v) is 4.35. The molecular weight excluding hydrogens is 230 g/mol. The molecule has 0 radical (unpaired) electrons. The maximum Gasteiger partial charge on any atom is 0.0721 e. The van der Waals surface area contributed by atoms with Gasteiger partial charge in [0, 0.05) is 11.2 Å². The molecule has 0 spiro atoms. The first kappa shape index (κ1) is 11.9. The Bertz CT molecular complexity index is 488. The van der Waals surface area contributed by atoms with Crippen LogP contribution in [-0.4, -0.2) is 6.21 Å². The van der Waals surface area contributed by atoms with Gasteiger partial charge in [-0.2, -0.15) is 0 Å². The van der Waals surface area contributed by atoms with Crippen LogP contribution in [0.4, 0.5) is 0 Å². The van der Waals surface area contributed by atoms with Crippen molar-refractivity contribution in [1.82, 2.24) is 0 Å². The maximum absolute atomic E-state index is 5.83. The van der Waals surface area contributed by atoms with Gasteiger partial charge in [-0.1, -0.05) is 54.1 Å². The van der Waals surface area contributed by atoms with Gasteiger partial charge in [0.15, 0.2) is 0 Å². The van der Waals surface area contributed by atoms with Gasteiger partial charge in [-0.05, 0) is 30.2 Å². The lowest BCUT2D eigenvalue weighted by Crippen LogP contribution is -1.90. The van der Waals surface area contributed by atoms with E-state index in [0.717, 1.165) is 10.6 Å². The number of rotatable bonds is 3. The fourth-order valence-electron chi connectivity index (χ4n) is 1.56. The Labute approximate surface area is 107 Å². The van der Waals surface area contributed by atoms with Crippen LogP contribution in [0, 0.1) is 0 Å². The molecule has 2 rings (SSSR count). The van der Waals surface area contributed by atoms with Crippen LogP contribution < -0.4 is 0 Å². The summed E-state index contributed by atoms with van der Waals surface area (Å²) >= 11 is 5.83. The second-order valence-electron chi connectivity index (χ2n) is 3.92. The van der Waals surface area contributed by atoms with Crippen molar-refractivity contribution in [2.45, 2.75) is 13.0 Å². The zero-order valence-electron chi connectivity index (χ0n) is 9.68. The lowest BCUT2D eigenvalue weighted by atomic mass is 10.1. The number of nitrogens with zero attached hydrogens (tertiary/aromatic N) is 1. The molecular formula is C15H14ClN. The van der Waals surface area contributed by atoms with Crippen molar-refractivity contribution in [1.29, 1.82) is 0 Å². The van der Waals surface area contributed by atoms with Crippen LogP contribution in [0.3, 0.4) is 0 Å². The van der Waals surface area contributed by atoms with E-state index in [1.54, 1.807) is 0 Å². The van der Waals surface area contributed by atoms with E-state index in [0.29, 0.717) is 0 Å². The van der Waals surface area contributed by atoms with Gasteiger partial charge in [0.2, 0.25) is 0 Å². The molecule has 0 fully saturated rings. The molecule has 0 bridgehead atoms. The topological polar surface area (TPSA) is 12.4 Å². The van der Waals surface area contributed by atoms with Crippen molar-refractivity contribution in [2.75, 3.05) is 0 Å². The fraction of sp³-hybridized carbons (Fsp3) is 0.133. The van der Waals surface area contributed by atoms with E-state index in [2.05, 4.69) is 24.0 Å². The third-order valence-electron chi connectivity index (χ3n) is 2.60. The number of aliphatic imine (C=N–C) groups is 1. The smallest absolute Gasteiger partial charge is 0.0721 e. The molecule has 0 unspecified atom stereocenters. The summed E-state index contributed by atoms with van der Waals surface area (Å²) in [4.78, 5) is 4.53. The Morgan fingerprint density at radius 3 is 2.29 bits per heavy atom. The summed E-state index contributed by atoms with van der Waals surface area (Å²) in [7, 11) is 0. The molecule has 0 aliphatic heterocycles. The maximum atomic E-state index is 5.83. The van der Waals surface area contributed by atoms with Crippen molar-refractivity contribution in [3.8, 4) is 0 Å². The van der Waals surface area contributed by atoms with Gasteiger partial charge in [0.1, 0.15) is 0 Å². The van der Waals surface area contributed by atoms with Crippen molar-refractivity contribution < 1.29 is 0 Å². The van der Waals surface area contributed by atoms with Crippen molar-refractivity contribution >= 4 is 17.8 Å². The summed E-state index contributed by atoms with van der Waals surface area (Å²) in [5.74, 6) is 0. The molecule has 0 aliphatic carbocycles. The Kier molecular flexibility index (Phi) is 3.94. The molecule has 0 amide bonds. The Morgan fingerprint density at radius 2 is 1.65 bits per heavy atom. The summed E-state index contributed by atoms with van der Waals surface area (Å²) in [6, 6.07) is 18.1. The largest absolute Gasteiger partial charge is 0.285 e. The quantitative estimate of drug-likeness (QED) is 0.703. The second kappa shape index (κ2) is 5.65. The molecule has 0 saturated carbocycles. The van der Waals surface area contributed by atoms with Gasteiger partial charge in [0.05, 0.1) is 6.04 Å². The standard InChI is InChI=1S/C15H14ClN/c1-12(14-5-3-2-4-6-14)17-11-13-7-9-15(16)10-8-13/h2-12H,1H3/t12-/m0/s1. The lowest BCUT2D eigenvalue weighted by Gasteiger charge is -2.05. The molecule has 0 heterocycles. The van der Waals surface area contributed by atoms with E-state index in [9.17, 15) is 0 Å². The first-order valence-electron chi connectivity index (χ1n) is 5.59. The van der Waals surface area contributed by atoms with Crippen LogP contribution >= 0.6 is 11.6 Å². The van der Waals surface area contributed by atoms with Crippen LogP contribution in [0.1, 0.15) is 24.1 Å². The lowest BCUT2D eigenvalue weighted by molar-refractivity contribution is 0.825. The van der Waals surface area contributed by atoms with E-state index in [1.807, 2.05) is 48.7 Å². The monoisotopic (exact) mass is 243 g/mol. The Morgan fingerprint density at radius 1 is 1.00 bits per heavy atom. The zero-order valence-corrected chi connectivity index (χ0v) is 10.4. The molecule has 2 aromatic carbocycles. The van der Waals surface area contributed by atoms with Gasteiger partial charge in [-0.25, -0.2) is 0 Å². The molecule has 0 saturated heterocycles. The van der Waals surface area contributed by atoms with Gasteiger partial charge >= 0.3 is 0 Å². The number of hydrogen-bond donors (Lipinski definition) is 0. The molecule has 1 nitrogen and oxygen atoms in total. The minimum absolute atomic E-state index is 0.173. The van der Waals surface area contributed by atoms with Crippen molar-refractivity contribution in [2.24, 2.45) is 4.99 Å². The number of halogens is 1. The minimum Gasteiger partial charge on any atom is -0.285 e. The highest BCUT2D eigenvalue weighted by Gasteiger charge is 2.00. The highest BCUT2D eigenvalue weighted by Crippen LogP contribution is 2.16. The predicted octanol–water partition coefficient (Wildman–Crippen LogP) is 4.52. The average molecular weight is 244 g/mol. The first-order valence-corrected chi connectivity index (χ1v) is 5.97. The molecule has 2 aromatic rings. The van der Waals surface area contributed by atoms with E-state index >= 15 is 0 Å². The summed E-state index contributed by atoms with van der Waals surface area (Å²) in [6.45, 7) is 2.09. The highest BCUT2D eigenvalue weighted by atomic mass is 35.5. The van der Waals surface area contributed by atoms with Crippen LogP contribution in [0.15, 0.2) is 59.6 Å². The Hall–Kier alpha value is -1.60. The minimum atomic E-state index is 0.173. The van der Waals surface area contributed by atoms with Crippen molar-refractivity contribution in [3.05, 3.63) is 70.7 Å². The van der Waals surface area contributed by atoms with Crippen LogP contribution in [-0.2, 0) is 0 Å². The van der Waals surface area contributed by atoms with Crippen molar-refractivity contribution in [3.63, 3.8) is 0 Å². The summed E-state index contributed by atoms with van der Waals surface area (Å²) < 4.78 is 0. The number of benzene rings is 2. The third kappa shape index (κ3) is 3.43. The SMILES string of the molecule is C[C@H](N=Cc1ccc(Cl)cc1)c1ccccc1. The number of hydrogen-bond acceptors (Lipinski definition) is 1. The molecule has 2 heteroatoms. The normalized spacial score (nSPS) is 12.8. The van der Waals surface area contributed by atoms with Crippen LogP contribution in [0.2, 0.25) is 5.02 Å². The molecule has 0 N–H and O–H groups in total.